The third kappa shape index (κ3) is 21.8. The molecule has 1 aromatic rings. The molecule has 0 aliphatic carbocycles. The van der Waals surface area contributed by atoms with Crippen molar-refractivity contribution in [3.63, 3.8) is 0 Å². The normalized spacial score (nSPS) is 11.0. The Morgan fingerprint density at radius 3 is 1.84 bits per heavy atom. The summed E-state index contributed by atoms with van der Waals surface area (Å²) >= 11 is 0. The van der Waals surface area contributed by atoms with Gasteiger partial charge >= 0.3 is 5.97 Å². The number of unbranched alkanes of at least 4 members (excludes halogenated alkanes) is 5. The van der Waals surface area contributed by atoms with Crippen LogP contribution in [0.25, 0.3) is 0 Å². The highest BCUT2D eigenvalue weighted by Gasteiger charge is 2.03. The highest BCUT2D eigenvalue weighted by molar-refractivity contribution is 5.77. The second kappa shape index (κ2) is 25.1. The van der Waals surface area contributed by atoms with Crippen LogP contribution < -0.4 is 10.1 Å². The van der Waals surface area contributed by atoms with Gasteiger partial charge in [0.25, 0.3) is 0 Å². The Labute approximate surface area is 227 Å². The minimum absolute atomic E-state index is 0.290. The molecular formula is C28H47NO9. The smallest absolute Gasteiger partial charge is 0.329 e. The summed E-state index contributed by atoms with van der Waals surface area (Å²) in [5, 5.41) is 11.0. The molecule has 0 aromatic heterocycles. The Hall–Kier alpha value is -2.24. The summed E-state index contributed by atoms with van der Waals surface area (Å²) in [7, 11) is 0. The van der Waals surface area contributed by atoms with Crippen molar-refractivity contribution in [1.82, 2.24) is 5.32 Å². The number of benzene rings is 1. The molecule has 218 valence electrons. The number of aryl methyl sites for hydroxylation is 1. The molecule has 38 heavy (non-hydrogen) atoms. The third-order valence-electron chi connectivity index (χ3n) is 5.38. The number of carbonyl (C=O) groups excluding carboxylic acids is 1. The summed E-state index contributed by atoms with van der Waals surface area (Å²) in [5.41, 5.74) is 1.36. The summed E-state index contributed by atoms with van der Waals surface area (Å²) in [6, 6.07) is 8.35. The van der Waals surface area contributed by atoms with Gasteiger partial charge in [0, 0.05) is 6.54 Å². The molecule has 10 nitrogen and oxygen atoms in total. The molecule has 10 heteroatoms. The monoisotopic (exact) mass is 541 g/mol. The SMILES string of the molecule is CCCCCCCCc1ccc(OCCOCCOCCOCCOCCNC(=O)COCC(=O)O)cc1. The summed E-state index contributed by atoms with van der Waals surface area (Å²) in [6.07, 6.45) is 9.02. The van der Waals surface area contributed by atoms with E-state index in [0.29, 0.717) is 66.0 Å². The van der Waals surface area contributed by atoms with E-state index in [1.807, 2.05) is 12.1 Å². The minimum Gasteiger partial charge on any atom is -0.491 e. The van der Waals surface area contributed by atoms with E-state index in [2.05, 4.69) is 29.1 Å². The molecule has 0 radical (unpaired) electrons. The van der Waals surface area contributed by atoms with E-state index >= 15 is 0 Å². The van der Waals surface area contributed by atoms with Gasteiger partial charge in [-0.3, -0.25) is 4.79 Å². The van der Waals surface area contributed by atoms with Gasteiger partial charge in [-0.05, 0) is 30.5 Å². The number of carboxylic acid groups (broad SMARTS) is 1. The zero-order chi connectivity index (χ0) is 27.5. The Bertz CT molecular complexity index is 700. The van der Waals surface area contributed by atoms with Gasteiger partial charge in [-0.2, -0.15) is 0 Å². The highest BCUT2D eigenvalue weighted by atomic mass is 16.6. The second-order valence-corrected chi connectivity index (χ2v) is 8.70. The molecule has 2 N–H and O–H groups in total. The number of hydrogen-bond donors (Lipinski definition) is 2. The van der Waals surface area contributed by atoms with Crippen LogP contribution in [0.3, 0.4) is 0 Å². The maximum Gasteiger partial charge on any atom is 0.329 e. The number of ether oxygens (including phenoxy) is 6. The van der Waals surface area contributed by atoms with Crippen LogP contribution >= 0.6 is 0 Å². The van der Waals surface area contributed by atoms with Gasteiger partial charge in [0.15, 0.2) is 0 Å². The number of carbonyl (C=O) groups is 2. The quantitative estimate of drug-likeness (QED) is 0.162. The van der Waals surface area contributed by atoms with Crippen molar-refractivity contribution in [1.29, 1.82) is 0 Å². The zero-order valence-electron chi connectivity index (χ0n) is 23.0. The number of carboxylic acids is 1. The van der Waals surface area contributed by atoms with Crippen molar-refractivity contribution < 1.29 is 43.1 Å². The molecule has 0 fully saturated rings. The first-order valence-corrected chi connectivity index (χ1v) is 13.7. The van der Waals surface area contributed by atoms with E-state index in [1.54, 1.807) is 0 Å². The Balaban J connectivity index is 1.81. The first-order valence-electron chi connectivity index (χ1n) is 13.7. The van der Waals surface area contributed by atoms with Crippen molar-refractivity contribution >= 4 is 11.9 Å². The van der Waals surface area contributed by atoms with Gasteiger partial charge < -0.3 is 38.8 Å². The molecule has 1 amide bonds. The number of aliphatic carboxylic acids is 1. The number of hydrogen-bond acceptors (Lipinski definition) is 8. The van der Waals surface area contributed by atoms with Crippen molar-refractivity contribution in [2.24, 2.45) is 0 Å². The standard InChI is InChI=1S/C28H47NO9/c1-2-3-4-5-6-7-8-25-9-11-26(12-10-25)38-22-21-36-20-19-35-18-17-34-16-15-33-14-13-29-27(30)23-37-24-28(31)32/h9-12H,2-8,13-24H2,1H3,(H,29,30)(H,31,32). The summed E-state index contributed by atoms with van der Waals surface area (Å²) in [4.78, 5) is 21.6. The molecule has 0 heterocycles. The Kier molecular flexibility index (Phi) is 22.3. The van der Waals surface area contributed by atoms with Crippen molar-refractivity contribution in [3.05, 3.63) is 29.8 Å². The molecule has 0 saturated heterocycles. The molecule has 0 saturated carbocycles. The lowest BCUT2D eigenvalue weighted by atomic mass is 10.0. The first-order chi connectivity index (χ1) is 18.6. The van der Waals surface area contributed by atoms with E-state index in [1.165, 1.54) is 44.1 Å². The second-order valence-electron chi connectivity index (χ2n) is 8.70. The zero-order valence-corrected chi connectivity index (χ0v) is 23.0. The molecule has 0 bridgehead atoms. The summed E-state index contributed by atoms with van der Waals surface area (Å²) in [6.45, 7) is 5.85. The number of nitrogens with one attached hydrogen (secondary N) is 1. The molecule has 0 spiro atoms. The van der Waals surface area contributed by atoms with Crippen LogP contribution in [-0.4, -0.2) is 96.2 Å². The summed E-state index contributed by atoms with van der Waals surface area (Å²) < 4.78 is 32.1. The molecule has 1 aromatic carbocycles. The van der Waals surface area contributed by atoms with E-state index in [0.717, 1.165) is 12.2 Å². The fourth-order valence-corrected chi connectivity index (χ4v) is 3.39. The van der Waals surface area contributed by atoms with E-state index in [-0.39, 0.29) is 12.5 Å². The average molecular weight is 542 g/mol. The van der Waals surface area contributed by atoms with Crippen LogP contribution in [0.5, 0.6) is 5.75 Å². The maximum absolute atomic E-state index is 11.3. The molecule has 0 unspecified atom stereocenters. The maximum atomic E-state index is 11.3. The van der Waals surface area contributed by atoms with Crippen LogP contribution in [0, 0.1) is 0 Å². The van der Waals surface area contributed by atoms with Crippen LogP contribution in [0.1, 0.15) is 51.0 Å². The van der Waals surface area contributed by atoms with Gasteiger partial charge in [-0.1, -0.05) is 51.2 Å². The van der Waals surface area contributed by atoms with Gasteiger partial charge in [0.05, 0.1) is 52.9 Å². The first kappa shape index (κ1) is 33.8. The lowest BCUT2D eigenvalue weighted by Crippen LogP contribution is -2.31. The molecular weight excluding hydrogens is 494 g/mol. The topological polar surface area (TPSA) is 122 Å². The van der Waals surface area contributed by atoms with Crippen molar-refractivity contribution in [2.75, 3.05) is 79.2 Å². The molecule has 0 aliphatic heterocycles. The van der Waals surface area contributed by atoms with Crippen molar-refractivity contribution in [3.8, 4) is 5.75 Å². The lowest BCUT2D eigenvalue weighted by molar-refractivity contribution is -0.143. The van der Waals surface area contributed by atoms with Crippen LogP contribution in [0.4, 0.5) is 0 Å². The van der Waals surface area contributed by atoms with Gasteiger partial charge in [0.2, 0.25) is 5.91 Å². The predicted octanol–water partition coefficient (Wildman–Crippen LogP) is 3.25. The largest absolute Gasteiger partial charge is 0.491 e. The van der Waals surface area contributed by atoms with Gasteiger partial charge in [-0.25, -0.2) is 4.79 Å². The molecule has 1 rings (SSSR count). The number of rotatable bonds is 27. The van der Waals surface area contributed by atoms with Gasteiger partial charge in [0.1, 0.15) is 25.6 Å². The minimum atomic E-state index is -1.11. The van der Waals surface area contributed by atoms with E-state index < -0.39 is 12.6 Å². The van der Waals surface area contributed by atoms with E-state index in [9.17, 15) is 9.59 Å². The summed E-state index contributed by atoms with van der Waals surface area (Å²) in [5.74, 6) is -0.635. The van der Waals surface area contributed by atoms with Crippen LogP contribution in [0.15, 0.2) is 24.3 Å². The van der Waals surface area contributed by atoms with E-state index in [4.69, 9.17) is 28.8 Å². The van der Waals surface area contributed by atoms with Crippen LogP contribution in [0.2, 0.25) is 0 Å². The van der Waals surface area contributed by atoms with Crippen molar-refractivity contribution in [2.45, 2.75) is 51.9 Å². The van der Waals surface area contributed by atoms with Crippen LogP contribution in [-0.2, 0) is 39.7 Å². The fraction of sp³-hybridized carbons (Fsp3) is 0.714. The van der Waals surface area contributed by atoms with Gasteiger partial charge in [-0.15, -0.1) is 0 Å². The Morgan fingerprint density at radius 1 is 0.684 bits per heavy atom. The highest BCUT2D eigenvalue weighted by Crippen LogP contribution is 2.15. The lowest BCUT2D eigenvalue weighted by Gasteiger charge is -2.09. The fourth-order valence-electron chi connectivity index (χ4n) is 3.39. The number of amides is 1. The third-order valence-corrected chi connectivity index (χ3v) is 5.38. The predicted molar refractivity (Wildman–Crippen MR) is 144 cm³/mol. The molecule has 0 atom stereocenters. The average Bonchev–Trinajstić information content (AvgIpc) is 2.91. The Morgan fingerprint density at radius 2 is 1.24 bits per heavy atom. The molecule has 0 aliphatic rings.